The van der Waals surface area contributed by atoms with Crippen molar-refractivity contribution in [3.8, 4) is 0 Å². The van der Waals surface area contributed by atoms with Crippen LogP contribution >= 0.6 is 0 Å². The van der Waals surface area contributed by atoms with Crippen molar-refractivity contribution < 1.29 is 22.4 Å². The first kappa shape index (κ1) is 29.8. The number of sulfonamides is 1. The van der Waals surface area contributed by atoms with Gasteiger partial charge in [0.25, 0.3) is 10.0 Å². The van der Waals surface area contributed by atoms with Crippen molar-refractivity contribution in [2.75, 3.05) is 17.4 Å². The van der Waals surface area contributed by atoms with Gasteiger partial charge < -0.3 is 10.2 Å². The van der Waals surface area contributed by atoms with Gasteiger partial charge in [-0.3, -0.25) is 13.9 Å². The Morgan fingerprint density at radius 1 is 0.872 bits per heavy atom. The third-order valence-electron chi connectivity index (χ3n) is 6.39. The van der Waals surface area contributed by atoms with Crippen LogP contribution in [0.5, 0.6) is 0 Å². The van der Waals surface area contributed by atoms with Crippen LogP contribution in [0.4, 0.5) is 10.1 Å². The lowest BCUT2D eigenvalue weighted by Crippen LogP contribution is -2.52. The molecule has 39 heavy (non-hydrogen) atoms. The van der Waals surface area contributed by atoms with Gasteiger partial charge in [-0.1, -0.05) is 42.8 Å². The molecule has 0 heterocycles. The zero-order valence-corrected chi connectivity index (χ0v) is 23.9. The van der Waals surface area contributed by atoms with E-state index in [0.717, 1.165) is 21.0 Å². The molecule has 0 saturated heterocycles. The Kier molecular flexibility index (Phi) is 9.86. The number of rotatable bonds is 11. The van der Waals surface area contributed by atoms with Gasteiger partial charge in [0.1, 0.15) is 18.4 Å². The number of aryl methyl sites for hydroxylation is 3. The van der Waals surface area contributed by atoms with E-state index in [1.165, 1.54) is 29.2 Å². The van der Waals surface area contributed by atoms with Crippen LogP contribution in [0.15, 0.2) is 71.6 Å². The summed E-state index contributed by atoms with van der Waals surface area (Å²) in [5.41, 5.74) is 3.57. The fraction of sp³-hybridized carbons (Fsp3) is 0.333. The predicted octanol–water partition coefficient (Wildman–Crippen LogP) is 4.89. The quantitative estimate of drug-likeness (QED) is 0.366. The molecular weight excluding hydrogens is 517 g/mol. The molecule has 0 spiro atoms. The number of likely N-dealkylation sites (N-methyl/N-ethyl adjacent to an activating group) is 1. The molecule has 3 aromatic carbocycles. The topological polar surface area (TPSA) is 86.8 Å². The molecule has 0 saturated carbocycles. The number of amides is 2. The number of benzene rings is 3. The van der Waals surface area contributed by atoms with Crippen molar-refractivity contribution >= 4 is 27.5 Å². The number of carbonyl (C=O) groups is 2. The molecule has 0 bridgehead atoms. The van der Waals surface area contributed by atoms with Crippen LogP contribution in [-0.4, -0.2) is 44.3 Å². The van der Waals surface area contributed by atoms with Gasteiger partial charge >= 0.3 is 0 Å². The lowest BCUT2D eigenvalue weighted by atomic mass is 10.1. The summed E-state index contributed by atoms with van der Waals surface area (Å²) in [6.07, 6.45) is 0.313. The number of hydrogen-bond donors (Lipinski definition) is 1. The minimum absolute atomic E-state index is 0.0139. The second-order valence-corrected chi connectivity index (χ2v) is 11.5. The zero-order valence-electron chi connectivity index (χ0n) is 23.1. The van der Waals surface area contributed by atoms with E-state index in [-0.39, 0.29) is 17.3 Å². The van der Waals surface area contributed by atoms with Gasteiger partial charge in [-0.25, -0.2) is 12.8 Å². The molecule has 0 fully saturated rings. The molecule has 3 rings (SSSR count). The molecular formula is C30H36FN3O4S. The molecule has 2 amide bonds. The van der Waals surface area contributed by atoms with Crippen LogP contribution in [0, 0.1) is 26.6 Å². The molecule has 3 aromatic rings. The van der Waals surface area contributed by atoms with Crippen LogP contribution in [0.3, 0.4) is 0 Å². The second-order valence-electron chi connectivity index (χ2n) is 9.64. The van der Waals surface area contributed by atoms with E-state index in [9.17, 15) is 22.4 Å². The molecule has 0 aliphatic rings. The fourth-order valence-corrected chi connectivity index (χ4v) is 5.86. The van der Waals surface area contributed by atoms with Crippen molar-refractivity contribution in [2.24, 2.45) is 0 Å². The lowest BCUT2D eigenvalue weighted by molar-refractivity contribution is -0.140. The summed E-state index contributed by atoms with van der Waals surface area (Å²) in [5.74, 6) is -1.31. The van der Waals surface area contributed by atoms with Crippen molar-refractivity contribution in [1.29, 1.82) is 0 Å². The lowest BCUT2D eigenvalue weighted by Gasteiger charge is -2.33. The zero-order chi connectivity index (χ0) is 28.7. The Morgan fingerprint density at radius 3 is 2.00 bits per heavy atom. The Labute approximate surface area is 230 Å². The summed E-state index contributed by atoms with van der Waals surface area (Å²) in [5, 5.41) is 2.76. The Bertz CT molecular complexity index is 1390. The number of halogens is 1. The molecule has 0 aromatic heterocycles. The van der Waals surface area contributed by atoms with Crippen LogP contribution in [-0.2, 0) is 26.2 Å². The van der Waals surface area contributed by atoms with Crippen LogP contribution in [0.2, 0.25) is 0 Å². The summed E-state index contributed by atoms with van der Waals surface area (Å²) in [4.78, 5) is 28.4. The van der Waals surface area contributed by atoms with Crippen LogP contribution in [0.1, 0.15) is 42.5 Å². The molecule has 1 N–H and O–H groups in total. The minimum Gasteiger partial charge on any atom is -0.355 e. The van der Waals surface area contributed by atoms with Gasteiger partial charge in [0, 0.05) is 13.1 Å². The summed E-state index contributed by atoms with van der Waals surface area (Å²) in [7, 11) is -4.14. The standard InChI is InChI=1S/C30H36FN3O4S/c1-6-28(30(36)32-7-2)33(19-24-10-12-25(31)13-11-24)29(35)20-34(26-17-22(4)16-23(5)18-26)39(37,38)27-14-8-21(3)9-15-27/h8-18,28H,6-7,19-20H2,1-5H3,(H,32,36)/t28-/m1/s1. The summed E-state index contributed by atoms with van der Waals surface area (Å²) >= 11 is 0. The third-order valence-corrected chi connectivity index (χ3v) is 8.17. The van der Waals surface area contributed by atoms with Gasteiger partial charge in [-0.15, -0.1) is 0 Å². The van der Waals surface area contributed by atoms with E-state index >= 15 is 0 Å². The highest BCUT2D eigenvalue weighted by Crippen LogP contribution is 2.27. The van der Waals surface area contributed by atoms with Crippen molar-refractivity contribution in [1.82, 2.24) is 10.2 Å². The minimum atomic E-state index is -4.14. The van der Waals surface area contributed by atoms with E-state index in [4.69, 9.17) is 0 Å². The molecule has 0 aliphatic heterocycles. The van der Waals surface area contributed by atoms with Crippen LogP contribution < -0.4 is 9.62 Å². The molecule has 0 radical (unpaired) electrons. The van der Waals surface area contributed by atoms with Gasteiger partial charge in [0.15, 0.2) is 0 Å². The number of carbonyl (C=O) groups excluding carboxylic acids is 2. The average molecular weight is 554 g/mol. The van der Waals surface area contributed by atoms with Crippen LogP contribution in [0.25, 0.3) is 0 Å². The predicted molar refractivity (Wildman–Crippen MR) is 151 cm³/mol. The van der Waals surface area contributed by atoms with Gasteiger partial charge in [-0.2, -0.15) is 0 Å². The number of anilines is 1. The van der Waals surface area contributed by atoms with Crippen molar-refractivity contribution in [3.63, 3.8) is 0 Å². The first-order chi connectivity index (χ1) is 18.5. The van der Waals surface area contributed by atoms with Gasteiger partial charge in [-0.05, 0) is 87.2 Å². The summed E-state index contributed by atoms with van der Waals surface area (Å²) in [6, 6.07) is 16.6. The maximum absolute atomic E-state index is 14.0. The second kappa shape index (κ2) is 12.9. The van der Waals surface area contributed by atoms with Crippen molar-refractivity contribution in [2.45, 2.75) is 58.5 Å². The fourth-order valence-electron chi connectivity index (χ4n) is 4.46. The van der Waals surface area contributed by atoms with E-state index in [1.807, 2.05) is 26.8 Å². The van der Waals surface area contributed by atoms with Gasteiger partial charge in [0.2, 0.25) is 11.8 Å². The number of nitrogens with one attached hydrogen (secondary N) is 1. The molecule has 0 unspecified atom stereocenters. The largest absolute Gasteiger partial charge is 0.355 e. The Balaban J connectivity index is 2.09. The molecule has 0 aliphatic carbocycles. The maximum Gasteiger partial charge on any atom is 0.264 e. The molecule has 1 atom stereocenters. The maximum atomic E-state index is 14.0. The van der Waals surface area contributed by atoms with Gasteiger partial charge in [0.05, 0.1) is 10.6 Å². The number of nitrogens with zero attached hydrogens (tertiary/aromatic N) is 2. The molecule has 7 nitrogen and oxygen atoms in total. The smallest absolute Gasteiger partial charge is 0.264 e. The first-order valence-corrected chi connectivity index (χ1v) is 14.4. The highest BCUT2D eigenvalue weighted by atomic mass is 32.2. The number of hydrogen-bond acceptors (Lipinski definition) is 4. The van der Waals surface area contributed by atoms with E-state index in [0.29, 0.717) is 24.2 Å². The third kappa shape index (κ3) is 7.44. The molecule has 208 valence electrons. The highest BCUT2D eigenvalue weighted by molar-refractivity contribution is 7.92. The molecule has 9 heteroatoms. The SMILES string of the molecule is CCNC(=O)[C@@H](CC)N(Cc1ccc(F)cc1)C(=O)CN(c1cc(C)cc(C)c1)S(=O)(=O)c1ccc(C)cc1. The monoisotopic (exact) mass is 553 g/mol. The Hall–Kier alpha value is -3.72. The van der Waals surface area contributed by atoms with E-state index < -0.39 is 34.3 Å². The van der Waals surface area contributed by atoms with E-state index in [2.05, 4.69) is 5.32 Å². The summed E-state index contributed by atoms with van der Waals surface area (Å²) in [6.45, 7) is 9.03. The highest BCUT2D eigenvalue weighted by Gasteiger charge is 2.33. The normalized spacial score (nSPS) is 12.1. The first-order valence-electron chi connectivity index (χ1n) is 13.0. The average Bonchev–Trinajstić information content (AvgIpc) is 2.88. The van der Waals surface area contributed by atoms with E-state index in [1.54, 1.807) is 50.2 Å². The Morgan fingerprint density at radius 2 is 1.46 bits per heavy atom. The van der Waals surface area contributed by atoms with Crippen molar-refractivity contribution in [3.05, 3.63) is 94.8 Å². The summed E-state index contributed by atoms with van der Waals surface area (Å²) < 4.78 is 42.5.